The summed E-state index contributed by atoms with van der Waals surface area (Å²) in [5, 5.41) is 11.1. The second kappa shape index (κ2) is 8.18. The molecule has 0 unspecified atom stereocenters. The first-order valence-electron chi connectivity index (χ1n) is 7.20. The molecular formula is C17H14F3NO4. The average molecular weight is 353 g/mol. The third kappa shape index (κ3) is 5.23. The molecule has 8 heteroatoms. The van der Waals surface area contributed by atoms with Gasteiger partial charge in [-0.1, -0.05) is 30.3 Å². The number of rotatable bonds is 6. The lowest BCUT2D eigenvalue weighted by molar-refractivity contribution is -0.139. The van der Waals surface area contributed by atoms with Gasteiger partial charge in [-0.15, -0.1) is 0 Å². The molecule has 0 heterocycles. The molecule has 2 aromatic rings. The Balaban J connectivity index is 2.01. The van der Waals surface area contributed by atoms with Crippen molar-refractivity contribution in [3.8, 4) is 0 Å². The Morgan fingerprint density at radius 1 is 1.08 bits per heavy atom. The van der Waals surface area contributed by atoms with Gasteiger partial charge in [0.15, 0.2) is 0 Å². The van der Waals surface area contributed by atoms with Crippen LogP contribution < -0.4 is 5.32 Å². The van der Waals surface area contributed by atoms with Crippen LogP contribution in [0.5, 0.6) is 0 Å². The number of benzene rings is 2. The second-order valence-electron chi connectivity index (χ2n) is 5.15. The van der Waals surface area contributed by atoms with Gasteiger partial charge in [0.2, 0.25) is 0 Å². The summed E-state index contributed by atoms with van der Waals surface area (Å²) in [6, 6.07) is 7.87. The summed E-state index contributed by atoms with van der Waals surface area (Å²) >= 11 is 0. The number of aliphatic carboxylic acids is 1. The van der Waals surface area contributed by atoms with E-state index < -0.39 is 47.5 Å². The summed E-state index contributed by atoms with van der Waals surface area (Å²) in [5.74, 6) is -5.10. The van der Waals surface area contributed by atoms with Gasteiger partial charge in [0, 0.05) is 24.1 Å². The quantitative estimate of drug-likeness (QED) is 0.837. The summed E-state index contributed by atoms with van der Waals surface area (Å²) in [4.78, 5) is 22.9. The first kappa shape index (κ1) is 18.3. The number of hydrogen-bond acceptors (Lipinski definition) is 3. The highest BCUT2D eigenvalue weighted by Crippen LogP contribution is 2.17. The van der Waals surface area contributed by atoms with E-state index in [1.54, 1.807) is 30.3 Å². The third-order valence-electron chi connectivity index (χ3n) is 3.32. The maximum atomic E-state index is 13.6. The van der Waals surface area contributed by atoms with Crippen molar-refractivity contribution in [3.05, 3.63) is 71.0 Å². The van der Waals surface area contributed by atoms with Crippen LogP contribution in [0.15, 0.2) is 42.5 Å². The third-order valence-corrected chi connectivity index (χ3v) is 3.32. The Kier molecular flexibility index (Phi) is 5.99. The van der Waals surface area contributed by atoms with Crippen molar-refractivity contribution >= 4 is 12.1 Å². The molecule has 0 bridgehead atoms. The fraction of sp³-hybridized carbons (Fsp3) is 0.176. The average Bonchev–Trinajstić information content (AvgIpc) is 2.55. The summed E-state index contributed by atoms with van der Waals surface area (Å²) < 4.78 is 45.0. The molecule has 0 aliphatic carbocycles. The molecule has 5 nitrogen and oxygen atoms in total. The number of hydrogen-bond donors (Lipinski definition) is 2. The van der Waals surface area contributed by atoms with E-state index in [0.29, 0.717) is 17.7 Å². The van der Waals surface area contributed by atoms with E-state index in [4.69, 9.17) is 9.84 Å². The summed E-state index contributed by atoms with van der Waals surface area (Å²) in [6.07, 6.45) is -1.76. The van der Waals surface area contributed by atoms with Gasteiger partial charge < -0.3 is 15.2 Å². The molecule has 0 aliphatic heterocycles. The van der Waals surface area contributed by atoms with E-state index in [1.165, 1.54) is 0 Å². The number of carbonyl (C=O) groups is 2. The molecular weight excluding hydrogens is 339 g/mol. The number of amides is 1. The minimum Gasteiger partial charge on any atom is -0.480 e. The lowest BCUT2D eigenvalue weighted by Gasteiger charge is -2.15. The number of nitrogens with one attached hydrogen (secondary N) is 1. The minimum absolute atomic E-state index is 0.0989. The number of carbonyl (C=O) groups excluding carboxylic acids is 1. The molecule has 0 saturated carbocycles. The van der Waals surface area contributed by atoms with E-state index in [-0.39, 0.29) is 6.61 Å². The fourth-order valence-electron chi connectivity index (χ4n) is 2.08. The van der Waals surface area contributed by atoms with Crippen molar-refractivity contribution in [2.24, 2.45) is 0 Å². The predicted molar refractivity (Wildman–Crippen MR) is 81.2 cm³/mol. The monoisotopic (exact) mass is 353 g/mol. The Hall–Kier alpha value is -3.03. The lowest BCUT2D eigenvalue weighted by Crippen LogP contribution is -2.42. The zero-order valence-corrected chi connectivity index (χ0v) is 12.8. The van der Waals surface area contributed by atoms with Crippen LogP contribution in [0.3, 0.4) is 0 Å². The Morgan fingerprint density at radius 2 is 1.68 bits per heavy atom. The molecule has 0 spiro atoms. The van der Waals surface area contributed by atoms with Gasteiger partial charge >= 0.3 is 12.1 Å². The van der Waals surface area contributed by atoms with Gasteiger partial charge in [-0.2, -0.15) is 0 Å². The summed E-state index contributed by atoms with van der Waals surface area (Å²) in [7, 11) is 0. The first-order valence-corrected chi connectivity index (χ1v) is 7.20. The van der Waals surface area contributed by atoms with Crippen molar-refractivity contribution in [1.82, 2.24) is 5.32 Å². The maximum absolute atomic E-state index is 13.6. The zero-order valence-electron chi connectivity index (χ0n) is 12.8. The first-order chi connectivity index (χ1) is 11.9. The van der Waals surface area contributed by atoms with Crippen molar-refractivity contribution in [2.75, 3.05) is 0 Å². The van der Waals surface area contributed by atoms with E-state index in [2.05, 4.69) is 0 Å². The van der Waals surface area contributed by atoms with Crippen molar-refractivity contribution in [3.63, 3.8) is 0 Å². The van der Waals surface area contributed by atoms with E-state index >= 15 is 0 Å². The number of ether oxygens (including phenoxy) is 1. The van der Waals surface area contributed by atoms with E-state index in [9.17, 15) is 22.8 Å². The Morgan fingerprint density at radius 3 is 2.24 bits per heavy atom. The number of alkyl carbamates (subject to hydrolysis) is 1. The molecule has 0 aromatic heterocycles. The van der Waals surface area contributed by atoms with Crippen molar-refractivity contribution < 1.29 is 32.6 Å². The smallest absolute Gasteiger partial charge is 0.408 e. The number of carboxylic acids is 1. The van der Waals surface area contributed by atoms with Gasteiger partial charge in [0.05, 0.1) is 0 Å². The topological polar surface area (TPSA) is 75.6 Å². The van der Waals surface area contributed by atoms with E-state index in [1.807, 2.05) is 5.32 Å². The predicted octanol–water partition coefficient (Wildman–Crippen LogP) is 3.03. The molecule has 1 amide bonds. The van der Waals surface area contributed by atoms with Crippen LogP contribution in [0.4, 0.5) is 18.0 Å². The molecule has 2 aromatic carbocycles. The summed E-state index contributed by atoms with van der Waals surface area (Å²) in [6.45, 7) is -0.0989. The SMILES string of the molecule is O=C(N[C@H](Cc1c(F)cc(F)cc1F)C(=O)O)OCc1ccccc1. The fourth-order valence-corrected chi connectivity index (χ4v) is 2.08. The maximum Gasteiger partial charge on any atom is 0.408 e. The Labute approximate surface area is 141 Å². The van der Waals surface area contributed by atoms with Crippen LogP contribution in [-0.4, -0.2) is 23.2 Å². The van der Waals surface area contributed by atoms with Gasteiger partial charge in [-0.3, -0.25) is 0 Å². The van der Waals surface area contributed by atoms with Crippen molar-refractivity contribution in [2.45, 2.75) is 19.1 Å². The van der Waals surface area contributed by atoms with Crippen LogP contribution in [0.1, 0.15) is 11.1 Å². The van der Waals surface area contributed by atoms with Gasteiger partial charge in [0.25, 0.3) is 0 Å². The standard InChI is InChI=1S/C17H14F3NO4/c18-11-6-13(19)12(14(20)7-11)8-15(16(22)23)21-17(24)25-9-10-4-2-1-3-5-10/h1-7,15H,8-9H2,(H,21,24)(H,22,23)/t15-/m1/s1. The molecule has 2 N–H and O–H groups in total. The number of halogens is 3. The molecule has 0 aliphatic rings. The second-order valence-corrected chi connectivity index (χ2v) is 5.15. The van der Waals surface area contributed by atoms with Crippen LogP contribution >= 0.6 is 0 Å². The normalized spacial score (nSPS) is 11.6. The van der Waals surface area contributed by atoms with Gasteiger partial charge in [-0.25, -0.2) is 22.8 Å². The van der Waals surface area contributed by atoms with E-state index in [0.717, 1.165) is 0 Å². The highest BCUT2D eigenvalue weighted by molar-refractivity contribution is 5.80. The van der Waals surface area contributed by atoms with Gasteiger partial charge in [0.1, 0.15) is 30.1 Å². The highest BCUT2D eigenvalue weighted by Gasteiger charge is 2.25. The molecule has 2 rings (SSSR count). The molecule has 1 atom stereocenters. The zero-order chi connectivity index (χ0) is 18.4. The van der Waals surface area contributed by atoms with Crippen LogP contribution in [0.25, 0.3) is 0 Å². The van der Waals surface area contributed by atoms with Crippen LogP contribution in [-0.2, 0) is 22.6 Å². The highest BCUT2D eigenvalue weighted by atomic mass is 19.1. The molecule has 0 radical (unpaired) electrons. The molecule has 25 heavy (non-hydrogen) atoms. The van der Waals surface area contributed by atoms with Crippen LogP contribution in [0.2, 0.25) is 0 Å². The van der Waals surface area contributed by atoms with Crippen LogP contribution in [0, 0.1) is 17.5 Å². The lowest BCUT2D eigenvalue weighted by atomic mass is 10.0. The summed E-state index contributed by atoms with van der Waals surface area (Å²) in [5.41, 5.74) is 0.0392. The number of carboxylic acid groups (broad SMARTS) is 1. The minimum atomic E-state index is -1.64. The van der Waals surface area contributed by atoms with Gasteiger partial charge in [-0.05, 0) is 5.56 Å². The molecule has 0 saturated heterocycles. The largest absolute Gasteiger partial charge is 0.480 e. The van der Waals surface area contributed by atoms with Crippen molar-refractivity contribution in [1.29, 1.82) is 0 Å². The molecule has 132 valence electrons. The molecule has 0 fully saturated rings. The Bertz CT molecular complexity index is 745.